The molecule has 0 saturated heterocycles. The van der Waals surface area contributed by atoms with Gasteiger partial charge in [-0.1, -0.05) is 48.5 Å². The minimum absolute atomic E-state index is 0.0626. The highest BCUT2D eigenvalue weighted by atomic mass is 16.6. The summed E-state index contributed by atoms with van der Waals surface area (Å²) in [5.74, 6) is -3.77. The second-order valence-corrected chi connectivity index (χ2v) is 7.59. The molecule has 2 aromatic rings. The van der Waals surface area contributed by atoms with Gasteiger partial charge in [-0.25, -0.2) is 9.59 Å². The number of nitro groups is 1. The number of nitro benzene ring substituents is 1. The number of hydrogen-bond acceptors (Lipinski definition) is 8. The SMILES string of the molecule is [2H]C([2H])([2H])OC([2H])([2H])C([2H])([2H])OC(=O)C1=C(C)NC(C)=C(C(=O)OC/C=C/c2ccccc2)C1c1cccc([N+](=O)[O-])c1. The van der Waals surface area contributed by atoms with Gasteiger partial charge in [-0.3, -0.25) is 10.1 Å². The molecule has 0 radical (unpaired) electrons. The number of nitrogens with zero attached hydrogens (tertiary/aromatic N) is 1. The van der Waals surface area contributed by atoms with Crippen LogP contribution in [0.2, 0.25) is 0 Å². The van der Waals surface area contributed by atoms with Crippen LogP contribution in [0.25, 0.3) is 6.08 Å². The van der Waals surface area contributed by atoms with Gasteiger partial charge in [0.25, 0.3) is 5.69 Å². The van der Waals surface area contributed by atoms with Gasteiger partial charge in [0, 0.05) is 30.6 Å². The van der Waals surface area contributed by atoms with Gasteiger partial charge < -0.3 is 19.5 Å². The quantitative estimate of drug-likeness (QED) is 0.293. The molecular formula is C27H28N2O7. The van der Waals surface area contributed by atoms with Crippen molar-refractivity contribution in [3.8, 4) is 0 Å². The maximum absolute atomic E-state index is 13.5. The van der Waals surface area contributed by atoms with Crippen LogP contribution in [0.15, 0.2) is 83.2 Å². The van der Waals surface area contributed by atoms with Crippen LogP contribution in [0.3, 0.4) is 0 Å². The minimum atomic E-state index is -3.63. The lowest BCUT2D eigenvalue weighted by Gasteiger charge is -2.30. The summed E-state index contributed by atoms with van der Waals surface area (Å²) in [6.45, 7) is -4.52. The lowest BCUT2D eigenvalue weighted by molar-refractivity contribution is -0.384. The topological polar surface area (TPSA) is 117 Å². The Morgan fingerprint density at radius 3 is 2.42 bits per heavy atom. The molecule has 36 heavy (non-hydrogen) atoms. The normalized spacial score (nSPS) is 19.6. The Labute approximate surface area is 219 Å². The first-order valence-corrected chi connectivity index (χ1v) is 10.7. The van der Waals surface area contributed by atoms with E-state index in [-0.39, 0.29) is 34.8 Å². The Morgan fingerprint density at radius 1 is 1.06 bits per heavy atom. The Kier molecular flexibility index (Phi) is 6.26. The number of dihydropyridines is 1. The number of carbonyl (C=O) groups is 2. The van der Waals surface area contributed by atoms with Crippen molar-refractivity contribution in [2.45, 2.75) is 19.8 Å². The first-order chi connectivity index (χ1) is 19.9. The van der Waals surface area contributed by atoms with Crippen molar-refractivity contribution in [2.75, 3.05) is 26.8 Å². The molecule has 1 heterocycles. The zero-order valence-electron chi connectivity index (χ0n) is 26.4. The molecule has 1 atom stereocenters. The third-order valence-electron chi connectivity index (χ3n) is 5.27. The summed E-state index contributed by atoms with van der Waals surface area (Å²) in [7, 11) is -3.37. The molecule has 1 unspecified atom stereocenters. The largest absolute Gasteiger partial charge is 0.460 e. The fourth-order valence-corrected chi connectivity index (χ4v) is 3.78. The van der Waals surface area contributed by atoms with Crippen LogP contribution in [0, 0.1) is 10.1 Å². The zero-order chi connectivity index (χ0) is 32.2. The third-order valence-corrected chi connectivity index (χ3v) is 5.27. The molecule has 1 aliphatic rings. The average Bonchev–Trinajstić information content (AvgIpc) is 2.89. The summed E-state index contributed by atoms with van der Waals surface area (Å²) in [5.41, 5.74) is 0.313. The van der Waals surface area contributed by atoms with Crippen LogP contribution in [0.4, 0.5) is 5.69 Å². The minimum Gasteiger partial charge on any atom is -0.460 e. The Morgan fingerprint density at radius 2 is 1.75 bits per heavy atom. The monoisotopic (exact) mass is 499 g/mol. The van der Waals surface area contributed by atoms with E-state index in [2.05, 4.69) is 10.1 Å². The van der Waals surface area contributed by atoms with Gasteiger partial charge in [-0.2, -0.15) is 0 Å². The maximum atomic E-state index is 13.5. The Bertz CT molecular complexity index is 1490. The molecule has 0 fully saturated rings. The van der Waals surface area contributed by atoms with Gasteiger partial charge in [-0.15, -0.1) is 0 Å². The summed E-state index contributed by atoms with van der Waals surface area (Å²) in [6, 6.07) is 14.2. The summed E-state index contributed by atoms with van der Waals surface area (Å²) in [6.07, 6.45) is 3.30. The summed E-state index contributed by atoms with van der Waals surface area (Å²) in [4.78, 5) is 37.8. The van der Waals surface area contributed by atoms with Crippen LogP contribution in [-0.2, 0) is 23.8 Å². The van der Waals surface area contributed by atoms with E-state index in [1.165, 1.54) is 32.0 Å². The third kappa shape index (κ3) is 6.45. The predicted molar refractivity (Wildman–Crippen MR) is 134 cm³/mol. The maximum Gasteiger partial charge on any atom is 0.337 e. The van der Waals surface area contributed by atoms with Gasteiger partial charge in [0.15, 0.2) is 0 Å². The summed E-state index contributed by atoms with van der Waals surface area (Å²) >= 11 is 0. The number of ether oxygens (including phenoxy) is 3. The van der Waals surface area contributed by atoms with E-state index in [0.717, 1.165) is 11.6 Å². The highest BCUT2D eigenvalue weighted by Crippen LogP contribution is 2.40. The highest BCUT2D eigenvalue weighted by Gasteiger charge is 2.38. The molecule has 0 amide bonds. The molecule has 0 aliphatic carbocycles. The van der Waals surface area contributed by atoms with Gasteiger partial charge in [-0.05, 0) is 31.1 Å². The first-order valence-electron chi connectivity index (χ1n) is 14.2. The number of carbonyl (C=O) groups excluding carboxylic acids is 2. The number of esters is 2. The van der Waals surface area contributed by atoms with E-state index in [1.54, 1.807) is 12.2 Å². The number of nitrogens with one attached hydrogen (secondary N) is 1. The fourth-order valence-electron chi connectivity index (χ4n) is 3.78. The van der Waals surface area contributed by atoms with Crippen LogP contribution in [0.5, 0.6) is 0 Å². The van der Waals surface area contributed by atoms with Crippen LogP contribution in [0.1, 0.15) is 40.5 Å². The standard InChI is InChI=1S/C27H28N2O7/c1-18-23(26(30)35-14-8-11-20-9-5-4-6-10-20)25(21-12-7-13-22(17-21)29(32)33)24(19(2)28-18)27(31)36-16-15-34-3/h4-13,17,25,28H,14-16H2,1-3H3/b11-8+/i3D3,15D2,16D2. The van der Waals surface area contributed by atoms with Crippen molar-refractivity contribution in [2.24, 2.45) is 0 Å². The molecule has 1 N–H and O–H groups in total. The van der Waals surface area contributed by atoms with E-state index < -0.39 is 48.5 Å². The van der Waals surface area contributed by atoms with Gasteiger partial charge in [0.2, 0.25) is 0 Å². The number of non-ortho nitro benzene ring substituents is 1. The summed E-state index contributed by atoms with van der Waals surface area (Å²) in [5, 5.41) is 14.4. The lowest BCUT2D eigenvalue weighted by atomic mass is 9.80. The zero-order valence-corrected chi connectivity index (χ0v) is 19.4. The molecule has 0 aromatic heterocycles. The van der Waals surface area contributed by atoms with Crippen molar-refractivity contribution in [3.63, 3.8) is 0 Å². The highest BCUT2D eigenvalue weighted by molar-refractivity contribution is 6.00. The number of rotatable bonds is 10. The van der Waals surface area contributed by atoms with Crippen molar-refractivity contribution in [1.82, 2.24) is 5.32 Å². The molecule has 2 aromatic carbocycles. The number of allylic oxidation sites excluding steroid dienone is 2. The van der Waals surface area contributed by atoms with E-state index in [1.807, 2.05) is 30.3 Å². The second-order valence-electron chi connectivity index (χ2n) is 7.59. The van der Waals surface area contributed by atoms with E-state index in [9.17, 15) is 19.7 Å². The lowest BCUT2D eigenvalue weighted by Crippen LogP contribution is -2.32. The molecule has 0 spiro atoms. The number of hydrogen-bond donors (Lipinski definition) is 1. The van der Waals surface area contributed by atoms with Crippen molar-refractivity contribution in [1.29, 1.82) is 0 Å². The molecule has 0 bridgehead atoms. The van der Waals surface area contributed by atoms with E-state index in [4.69, 9.17) is 19.1 Å². The number of methoxy groups -OCH3 is 1. The molecule has 1 aliphatic heterocycles. The first kappa shape index (κ1) is 18.1. The smallest absolute Gasteiger partial charge is 0.337 e. The van der Waals surface area contributed by atoms with Gasteiger partial charge >= 0.3 is 11.9 Å². The molecule has 0 saturated carbocycles. The second kappa shape index (κ2) is 12.5. The average molecular weight is 500 g/mol. The summed E-state index contributed by atoms with van der Waals surface area (Å²) < 4.78 is 67.3. The van der Waals surface area contributed by atoms with Crippen molar-refractivity contribution >= 4 is 23.7 Å². The van der Waals surface area contributed by atoms with Crippen molar-refractivity contribution in [3.05, 3.63) is 104 Å². The molecular weight excluding hydrogens is 464 g/mol. The Hall–Kier alpha value is -4.24. The van der Waals surface area contributed by atoms with Crippen LogP contribution >= 0.6 is 0 Å². The predicted octanol–water partition coefficient (Wildman–Crippen LogP) is 4.28. The van der Waals surface area contributed by atoms with E-state index >= 15 is 0 Å². The Balaban J connectivity index is 2.01. The molecule has 9 heteroatoms. The number of benzene rings is 2. The van der Waals surface area contributed by atoms with Gasteiger partial charge in [0.05, 0.1) is 38.1 Å². The molecule has 3 rings (SSSR count). The van der Waals surface area contributed by atoms with Crippen molar-refractivity contribution < 1.29 is 38.3 Å². The van der Waals surface area contributed by atoms with Crippen LogP contribution in [-0.4, -0.2) is 43.6 Å². The molecule has 9 nitrogen and oxygen atoms in total. The van der Waals surface area contributed by atoms with Crippen LogP contribution < -0.4 is 5.32 Å². The fraction of sp³-hybridized carbons (Fsp3) is 0.259. The van der Waals surface area contributed by atoms with Gasteiger partial charge in [0.1, 0.15) is 13.2 Å². The molecule has 188 valence electrons. The van der Waals surface area contributed by atoms with E-state index in [0.29, 0.717) is 0 Å².